The third-order valence-electron chi connectivity index (χ3n) is 6.52. The molecular weight excluding hydrogens is 457 g/mol. The molecule has 2 aliphatic heterocycles. The number of rotatable bonds is 8. The van der Waals surface area contributed by atoms with Gasteiger partial charge >= 0.3 is 0 Å². The van der Waals surface area contributed by atoms with Crippen molar-refractivity contribution in [2.75, 3.05) is 41.4 Å². The van der Waals surface area contributed by atoms with E-state index >= 15 is 0 Å². The van der Waals surface area contributed by atoms with Crippen molar-refractivity contribution in [2.24, 2.45) is 5.10 Å². The molecule has 188 valence electrons. The highest BCUT2D eigenvalue weighted by molar-refractivity contribution is 5.83. The Labute approximate surface area is 211 Å². The summed E-state index contributed by atoms with van der Waals surface area (Å²) in [6.45, 7) is 3.96. The van der Waals surface area contributed by atoms with Gasteiger partial charge in [0.1, 0.15) is 18.2 Å². The van der Waals surface area contributed by atoms with Crippen molar-refractivity contribution in [3.05, 3.63) is 65.5 Å². The van der Waals surface area contributed by atoms with Crippen LogP contribution in [0.5, 0.6) is 5.75 Å². The minimum absolute atomic E-state index is 0.136. The zero-order valence-corrected chi connectivity index (χ0v) is 20.4. The predicted octanol–water partition coefficient (Wildman–Crippen LogP) is 5.02. The first-order valence-corrected chi connectivity index (χ1v) is 12.8. The number of hydrazone groups is 1. The first kappa shape index (κ1) is 24.0. The average molecular weight is 490 g/mol. The fraction of sp³-hybridized carbons (Fsp3) is 0.407. The van der Waals surface area contributed by atoms with Crippen molar-refractivity contribution in [2.45, 2.75) is 45.1 Å². The lowest BCUT2D eigenvalue weighted by atomic mass is 10.1. The van der Waals surface area contributed by atoms with Crippen LogP contribution in [-0.2, 0) is 6.61 Å². The van der Waals surface area contributed by atoms with E-state index in [1.54, 1.807) is 24.4 Å². The number of hydrogen-bond acceptors (Lipinski definition) is 8. The molecule has 2 aromatic carbocycles. The Hall–Kier alpha value is -3.75. The van der Waals surface area contributed by atoms with Gasteiger partial charge in [0.2, 0.25) is 17.8 Å². The van der Waals surface area contributed by atoms with Crippen LogP contribution >= 0.6 is 0 Å². The summed E-state index contributed by atoms with van der Waals surface area (Å²) < 4.78 is 19.9. The molecule has 2 saturated heterocycles. The Morgan fingerprint density at radius 1 is 0.806 bits per heavy atom. The monoisotopic (exact) mass is 489 g/mol. The summed E-state index contributed by atoms with van der Waals surface area (Å²) in [7, 11) is 0. The second kappa shape index (κ2) is 11.8. The van der Waals surface area contributed by atoms with Gasteiger partial charge in [-0.3, -0.25) is 0 Å². The second-order valence-electron chi connectivity index (χ2n) is 9.14. The molecule has 8 nitrogen and oxygen atoms in total. The molecule has 2 aliphatic rings. The molecule has 3 heterocycles. The Bertz CT molecular complexity index is 1140. The van der Waals surface area contributed by atoms with E-state index in [9.17, 15) is 4.39 Å². The third kappa shape index (κ3) is 6.08. The number of aromatic nitrogens is 3. The van der Waals surface area contributed by atoms with Gasteiger partial charge in [-0.25, -0.2) is 9.82 Å². The number of nitrogens with one attached hydrogen (secondary N) is 1. The molecule has 3 aromatic rings. The minimum atomic E-state index is -0.283. The highest BCUT2D eigenvalue weighted by atomic mass is 19.1. The van der Waals surface area contributed by atoms with Gasteiger partial charge in [0, 0.05) is 37.3 Å². The van der Waals surface area contributed by atoms with Crippen LogP contribution in [0.4, 0.5) is 22.2 Å². The molecular formula is C27H32FN7O. The van der Waals surface area contributed by atoms with Crippen molar-refractivity contribution in [1.29, 1.82) is 0 Å². The normalized spacial score (nSPS) is 16.4. The van der Waals surface area contributed by atoms with Crippen molar-refractivity contribution >= 4 is 24.1 Å². The third-order valence-corrected chi connectivity index (χ3v) is 6.52. The van der Waals surface area contributed by atoms with Crippen LogP contribution in [-0.4, -0.2) is 47.3 Å². The minimum Gasteiger partial charge on any atom is -0.488 e. The van der Waals surface area contributed by atoms with Crippen LogP contribution in [0.25, 0.3) is 0 Å². The quantitative estimate of drug-likeness (QED) is 0.352. The van der Waals surface area contributed by atoms with E-state index in [0.29, 0.717) is 29.2 Å². The highest BCUT2D eigenvalue weighted by Gasteiger charge is 2.20. The van der Waals surface area contributed by atoms with Crippen LogP contribution < -0.4 is 20.0 Å². The fourth-order valence-electron chi connectivity index (χ4n) is 4.52. The van der Waals surface area contributed by atoms with Gasteiger partial charge in [-0.05, 0) is 56.7 Å². The summed E-state index contributed by atoms with van der Waals surface area (Å²) in [6.07, 6.45) is 8.75. The van der Waals surface area contributed by atoms with Crippen LogP contribution in [0.3, 0.4) is 0 Å². The fourth-order valence-corrected chi connectivity index (χ4v) is 4.52. The van der Waals surface area contributed by atoms with Crippen LogP contribution in [0.2, 0.25) is 0 Å². The van der Waals surface area contributed by atoms with Gasteiger partial charge in [0.15, 0.2) is 0 Å². The summed E-state index contributed by atoms with van der Waals surface area (Å²) in [5.74, 6) is 2.17. The number of benzene rings is 2. The molecule has 0 atom stereocenters. The Morgan fingerprint density at radius 3 is 2.08 bits per heavy atom. The van der Waals surface area contributed by atoms with Gasteiger partial charge in [0.05, 0.1) is 6.21 Å². The van der Waals surface area contributed by atoms with E-state index in [1.165, 1.54) is 18.9 Å². The summed E-state index contributed by atoms with van der Waals surface area (Å²) in [4.78, 5) is 18.6. The maximum atomic E-state index is 14.0. The van der Waals surface area contributed by atoms with E-state index < -0.39 is 0 Å². The number of nitrogens with zero attached hydrogens (tertiary/aromatic N) is 6. The zero-order chi connectivity index (χ0) is 24.6. The maximum Gasteiger partial charge on any atom is 0.250 e. The van der Waals surface area contributed by atoms with Gasteiger partial charge in [-0.2, -0.15) is 20.1 Å². The lowest BCUT2D eigenvalue weighted by Gasteiger charge is -2.30. The molecule has 1 N–H and O–H groups in total. The molecule has 2 fully saturated rings. The first-order chi connectivity index (χ1) is 17.8. The van der Waals surface area contributed by atoms with E-state index in [4.69, 9.17) is 9.72 Å². The van der Waals surface area contributed by atoms with Crippen molar-refractivity contribution in [3.8, 4) is 5.75 Å². The first-order valence-electron chi connectivity index (χ1n) is 12.8. The molecule has 0 saturated carbocycles. The molecule has 0 spiro atoms. The second-order valence-corrected chi connectivity index (χ2v) is 9.14. The maximum absolute atomic E-state index is 14.0. The number of halogens is 1. The van der Waals surface area contributed by atoms with E-state index in [1.807, 2.05) is 24.3 Å². The smallest absolute Gasteiger partial charge is 0.250 e. The highest BCUT2D eigenvalue weighted by Crippen LogP contribution is 2.23. The number of para-hydroxylation sites is 1. The SMILES string of the molecule is Fc1ccccc1COc1ccccc1/C=N/Nc1nc(N2CCCCC2)nc(N2CCCCC2)n1. The molecule has 0 unspecified atom stereocenters. The van der Waals surface area contributed by atoms with Crippen molar-refractivity contribution in [3.63, 3.8) is 0 Å². The average Bonchev–Trinajstić information content (AvgIpc) is 2.94. The molecule has 9 heteroatoms. The van der Waals surface area contributed by atoms with Crippen molar-refractivity contribution in [1.82, 2.24) is 15.0 Å². The Kier molecular flexibility index (Phi) is 7.85. The molecule has 36 heavy (non-hydrogen) atoms. The molecule has 5 rings (SSSR count). The van der Waals surface area contributed by atoms with Crippen LogP contribution in [0, 0.1) is 5.82 Å². The lowest BCUT2D eigenvalue weighted by Crippen LogP contribution is -2.34. The molecule has 1 aromatic heterocycles. The number of ether oxygens (including phenoxy) is 1. The van der Waals surface area contributed by atoms with Gasteiger partial charge < -0.3 is 14.5 Å². The van der Waals surface area contributed by atoms with E-state index in [-0.39, 0.29) is 12.4 Å². The Balaban J connectivity index is 1.32. The summed E-state index contributed by atoms with van der Waals surface area (Å²) in [6, 6.07) is 14.1. The number of piperidine rings is 2. The zero-order valence-electron chi connectivity index (χ0n) is 20.4. The van der Waals surface area contributed by atoms with Gasteiger partial charge in [-0.1, -0.05) is 30.3 Å². The standard InChI is InChI=1S/C27H32FN7O/c28-23-13-5-3-12-22(23)20-36-24-14-6-4-11-21(24)19-29-33-25-30-26(34-15-7-1-8-16-34)32-27(31-25)35-17-9-2-10-18-35/h3-6,11-14,19H,1-2,7-10,15-18,20H2,(H,30,31,32,33)/b29-19+. The van der Waals surface area contributed by atoms with Crippen LogP contribution in [0.1, 0.15) is 49.7 Å². The summed E-state index contributed by atoms with van der Waals surface area (Å²) in [5.41, 5.74) is 4.27. The number of anilines is 3. The largest absolute Gasteiger partial charge is 0.488 e. The number of hydrogen-bond donors (Lipinski definition) is 1. The summed E-state index contributed by atoms with van der Waals surface area (Å²) in [5, 5.41) is 4.40. The topological polar surface area (TPSA) is 78.8 Å². The van der Waals surface area contributed by atoms with Crippen LogP contribution in [0.15, 0.2) is 53.6 Å². The van der Waals surface area contributed by atoms with Gasteiger partial charge in [0.25, 0.3) is 0 Å². The van der Waals surface area contributed by atoms with E-state index in [0.717, 1.165) is 57.4 Å². The van der Waals surface area contributed by atoms with E-state index in [2.05, 4.69) is 30.3 Å². The predicted molar refractivity (Wildman–Crippen MR) is 140 cm³/mol. The van der Waals surface area contributed by atoms with Crippen molar-refractivity contribution < 1.29 is 9.13 Å². The summed E-state index contributed by atoms with van der Waals surface area (Å²) >= 11 is 0. The molecule has 0 amide bonds. The Morgan fingerprint density at radius 2 is 1.42 bits per heavy atom. The molecule has 0 aliphatic carbocycles. The van der Waals surface area contributed by atoms with Gasteiger partial charge in [-0.15, -0.1) is 0 Å². The lowest BCUT2D eigenvalue weighted by molar-refractivity contribution is 0.299. The molecule has 0 radical (unpaired) electrons. The molecule has 0 bridgehead atoms.